The lowest BCUT2D eigenvalue weighted by atomic mass is 9.93. The Labute approximate surface area is 203 Å². The first-order chi connectivity index (χ1) is 17.0. The maximum absolute atomic E-state index is 13.2. The van der Waals surface area contributed by atoms with Gasteiger partial charge in [0.15, 0.2) is 0 Å². The molecule has 0 spiro atoms. The molecule has 2 heterocycles. The summed E-state index contributed by atoms with van der Waals surface area (Å²) < 4.78 is 1.66. The minimum Gasteiger partial charge on any atom is -0.393 e. The maximum Gasteiger partial charge on any atom is 0.258 e. The molecule has 0 saturated heterocycles. The lowest BCUT2D eigenvalue weighted by Gasteiger charge is -2.26. The number of amides is 1. The molecule has 178 valence electrons. The summed E-state index contributed by atoms with van der Waals surface area (Å²) in [5.74, 6) is 0.329. The molecule has 0 aliphatic heterocycles. The highest BCUT2D eigenvalue weighted by molar-refractivity contribution is 5.94. The van der Waals surface area contributed by atoms with Crippen LogP contribution in [0.2, 0.25) is 0 Å². The molecule has 1 amide bonds. The minimum atomic E-state index is -0.257. The number of hydrogen-bond acceptors (Lipinski definition) is 5. The standard InChI is InChI=1S/C28H28N4O3/c29-26-16-20(10-12-30-26)19-4-9-25-21(15-19)11-13-32(28(25)35)17-18-2-1-3-22(14-18)27(34)31-23-5-7-24(33)8-6-23/h1-4,9-16,23-24,33H,5-8,17H2,(H2,29,30)(H,31,34)/t23-,24+. The molecule has 1 aliphatic rings. The second-order valence-corrected chi connectivity index (χ2v) is 9.20. The summed E-state index contributed by atoms with van der Waals surface area (Å²) in [6.45, 7) is 0.369. The molecule has 1 fully saturated rings. The van der Waals surface area contributed by atoms with E-state index in [2.05, 4.69) is 10.3 Å². The molecule has 2 aromatic carbocycles. The van der Waals surface area contributed by atoms with E-state index in [1.807, 2.05) is 54.6 Å². The zero-order chi connectivity index (χ0) is 24.4. The van der Waals surface area contributed by atoms with Crippen LogP contribution >= 0.6 is 0 Å². The van der Waals surface area contributed by atoms with E-state index in [-0.39, 0.29) is 23.6 Å². The summed E-state index contributed by atoms with van der Waals surface area (Å²) in [5.41, 5.74) is 9.09. The van der Waals surface area contributed by atoms with Gasteiger partial charge in [-0.2, -0.15) is 0 Å². The number of hydrogen-bond donors (Lipinski definition) is 3. The van der Waals surface area contributed by atoms with Crippen LogP contribution in [-0.2, 0) is 6.54 Å². The summed E-state index contributed by atoms with van der Waals surface area (Å²) in [4.78, 5) is 30.0. The van der Waals surface area contributed by atoms with Crippen LogP contribution in [0.4, 0.5) is 5.82 Å². The predicted molar refractivity (Wildman–Crippen MR) is 137 cm³/mol. The van der Waals surface area contributed by atoms with Crippen molar-refractivity contribution in [3.8, 4) is 11.1 Å². The molecule has 4 N–H and O–H groups in total. The Kier molecular flexibility index (Phi) is 6.33. The number of carbonyl (C=O) groups excluding carboxylic acids is 1. The van der Waals surface area contributed by atoms with Crippen molar-refractivity contribution in [2.24, 2.45) is 0 Å². The molecule has 0 bridgehead atoms. The molecule has 7 heteroatoms. The number of nitrogens with zero attached hydrogens (tertiary/aromatic N) is 2. The first kappa shape index (κ1) is 22.8. The van der Waals surface area contributed by atoms with Crippen LogP contribution in [0.1, 0.15) is 41.6 Å². The molecule has 0 radical (unpaired) electrons. The number of aliphatic hydroxyl groups excluding tert-OH is 1. The van der Waals surface area contributed by atoms with Gasteiger partial charge in [0.1, 0.15) is 5.82 Å². The van der Waals surface area contributed by atoms with Crippen molar-refractivity contribution >= 4 is 22.5 Å². The normalized spacial score (nSPS) is 17.9. The predicted octanol–water partition coefficient (Wildman–Crippen LogP) is 3.73. The number of fused-ring (bicyclic) bond motifs is 1. The summed E-state index contributed by atoms with van der Waals surface area (Å²) in [6.07, 6.45) is 6.20. The molecule has 1 saturated carbocycles. The van der Waals surface area contributed by atoms with Gasteiger partial charge in [0.25, 0.3) is 11.5 Å². The maximum atomic E-state index is 13.2. The highest BCUT2D eigenvalue weighted by Crippen LogP contribution is 2.24. The van der Waals surface area contributed by atoms with Gasteiger partial charge in [-0.1, -0.05) is 18.2 Å². The molecule has 2 aromatic heterocycles. The molecule has 5 rings (SSSR count). The number of aromatic nitrogens is 2. The Morgan fingerprint density at radius 1 is 1.03 bits per heavy atom. The smallest absolute Gasteiger partial charge is 0.258 e. The summed E-state index contributed by atoms with van der Waals surface area (Å²) in [5, 5.41) is 14.2. The van der Waals surface area contributed by atoms with Gasteiger partial charge in [-0.15, -0.1) is 0 Å². The van der Waals surface area contributed by atoms with Gasteiger partial charge in [0.05, 0.1) is 12.6 Å². The number of nitrogen functional groups attached to an aromatic ring is 1. The van der Waals surface area contributed by atoms with Crippen LogP contribution in [0, 0.1) is 0 Å². The highest BCUT2D eigenvalue weighted by atomic mass is 16.3. The van der Waals surface area contributed by atoms with Gasteiger partial charge in [0.2, 0.25) is 0 Å². The summed E-state index contributed by atoms with van der Waals surface area (Å²) >= 11 is 0. The molecular weight excluding hydrogens is 440 g/mol. The number of pyridine rings is 2. The summed E-state index contributed by atoms with van der Waals surface area (Å²) in [7, 11) is 0. The van der Waals surface area contributed by atoms with E-state index in [9.17, 15) is 14.7 Å². The van der Waals surface area contributed by atoms with E-state index < -0.39 is 0 Å². The van der Waals surface area contributed by atoms with E-state index >= 15 is 0 Å². The second kappa shape index (κ2) is 9.72. The Balaban J connectivity index is 1.35. The third kappa shape index (κ3) is 5.10. The minimum absolute atomic E-state index is 0.0843. The van der Waals surface area contributed by atoms with E-state index in [1.165, 1.54) is 0 Å². The number of nitrogens with one attached hydrogen (secondary N) is 1. The van der Waals surface area contributed by atoms with Crippen molar-refractivity contribution < 1.29 is 9.90 Å². The third-order valence-corrected chi connectivity index (χ3v) is 6.67. The average Bonchev–Trinajstić information content (AvgIpc) is 2.87. The van der Waals surface area contributed by atoms with E-state index in [0.29, 0.717) is 36.2 Å². The third-order valence-electron chi connectivity index (χ3n) is 6.67. The van der Waals surface area contributed by atoms with Crippen molar-refractivity contribution in [3.05, 3.63) is 94.5 Å². The molecule has 1 aliphatic carbocycles. The Bertz CT molecular complexity index is 1440. The van der Waals surface area contributed by atoms with E-state index in [0.717, 1.165) is 34.9 Å². The summed E-state index contributed by atoms with van der Waals surface area (Å²) in [6, 6.07) is 18.8. The number of rotatable bonds is 5. The monoisotopic (exact) mass is 468 g/mol. The molecule has 7 nitrogen and oxygen atoms in total. The van der Waals surface area contributed by atoms with Crippen molar-refractivity contribution in [3.63, 3.8) is 0 Å². The molecule has 0 atom stereocenters. The average molecular weight is 469 g/mol. The first-order valence-corrected chi connectivity index (χ1v) is 11.9. The van der Waals surface area contributed by atoms with Crippen LogP contribution in [0.3, 0.4) is 0 Å². The van der Waals surface area contributed by atoms with Gasteiger partial charge in [-0.25, -0.2) is 4.98 Å². The number of anilines is 1. The van der Waals surface area contributed by atoms with Gasteiger partial charge in [-0.05, 0) is 90.2 Å². The molecule has 0 unspecified atom stereocenters. The van der Waals surface area contributed by atoms with Crippen LogP contribution < -0.4 is 16.6 Å². The zero-order valence-corrected chi connectivity index (χ0v) is 19.4. The number of aliphatic hydroxyl groups is 1. The Morgan fingerprint density at radius 3 is 2.63 bits per heavy atom. The Morgan fingerprint density at radius 2 is 1.83 bits per heavy atom. The van der Waals surface area contributed by atoms with Gasteiger partial charge >= 0.3 is 0 Å². The van der Waals surface area contributed by atoms with Gasteiger partial charge < -0.3 is 20.7 Å². The highest BCUT2D eigenvalue weighted by Gasteiger charge is 2.21. The van der Waals surface area contributed by atoms with Gasteiger partial charge in [0, 0.05) is 29.4 Å². The van der Waals surface area contributed by atoms with Crippen molar-refractivity contribution in [1.29, 1.82) is 0 Å². The van der Waals surface area contributed by atoms with E-state index in [1.54, 1.807) is 23.0 Å². The quantitative estimate of drug-likeness (QED) is 0.413. The Hall–Kier alpha value is -3.97. The van der Waals surface area contributed by atoms with Crippen molar-refractivity contribution in [2.75, 3.05) is 5.73 Å². The fourth-order valence-electron chi connectivity index (χ4n) is 4.72. The van der Waals surface area contributed by atoms with Crippen molar-refractivity contribution in [2.45, 2.75) is 44.4 Å². The number of benzene rings is 2. The van der Waals surface area contributed by atoms with Crippen LogP contribution in [0.5, 0.6) is 0 Å². The molecular formula is C28H28N4O3. The van der Waals surface area contributed by atoms with Crippen LogP contribution in [-0.4, -0.2) is 32.7 Å². The lowest BCUT2D eigenvalue weighted by Crippen LogP contribution is -2.38. The fourth-order valence-corrected chi connectivity index (χ4v) is 4.72. The zero-order valence-electron chi connectivity index (χ0n) is 19.4. The fraction of sp³-hybridized carbons (Fsp3) is 0.250. The number of carbonyl (C=O) groups is 1. The van der Waals surface area contributed by atoms with Crippen LogP contribution in [0.25, 0.3) is 21.9 Å². The van der Waals surface area contributed by atoms with Gasteiger partial charge in [-0.3, -0.25) is 9.59 Å². The first-order valence-electron chi connectivity index (χ1n) is 11.9. The number of nitrogens with two attached hydrogens (primary N) is 1. The molecule has 4 aromatic rings. The van der Waals surface area contributed by atoms with Crippen molar-refractivity contribution in [1.82, 2.24) is 14.9 Å². The SMILES string of the molecule is Nc1cc(-c2ccc3c(=O)n(Cc4cccc(C(=O)N[C@H]5CC[C@@H](O)CC5)c4)ccc3c2)ccn1. The topological polar surface area (TPSA) is 110 Å². The van der Waals surface area contributed by atoms with E-state index in [4.69, 9.17) is 5.73 Å². The lowest BCUT2D eigenvalue weighted by molar-refractivity contribution is 0.0867. The largest absolute Gasteiger partial charge is 0.393 e. The van der Waals surface area contributed by atoms with Crippen LogP contribution in [0.15, 0.2) is 77.9 Å². The molecule has 35 heavy (non-hydrogen) atoms. The second-order valence-electron chi connectivity index (χ2n) is 9.20.